The largest absolute Gasteiger partial charge is 0.375 e. The Labute approximate surface area is 130 Å². The van der Waals surface area contributed by atoms with E-state index in [1.807, 2.05) is 17.8 Å². The first-order chi connectivity index (χ1) is 9.73. The Morgan fingerprint density at radius 3 is 2.70 bits per heavy atom. The highest BCUT2D eigenvalue weighted by atomic mass is 32.2. The van der Waals surface area contributed by atoms with Crippen LogP contribution in [-0.4, -0.2) is 25.8 Å². The number of unbranched alkanes of at least 4 members (excludes halogenated alkanes) is 2. The normalized spacial score (nSPS) is 35.4. The van der Waals surface area contributed by atoms with Gasteiger partial charge in [0.1, 0.15) is 4.93 Å². The standard InChI is InChI=1S/C11H16.C6H6OS2/c1-2-3-5-8-11-9-6-4-7-10-11;7-6-2-1-3-4(8-3)5(6)9-6/h4,6-7,9-10H,2-3,5,8H2,1H3;1-5,7H. The quantitative estimate of drug-likeness (QED) is 0.510. The lowest BCUT2D eigenvalue weighted by Gasteiger charge is -2.02. The Kier molecular flexibility index (Phi) is 4.49. The molecule has 2 heterocycles. The zero-order chi connectivity index (χ0) is 14.0. The van der Waals surface area contributed by atoms with Crippen LogP contribution in [0.3, 0.4) is 0 Å². The van der Waals surface area contributed by atoms with Crippen molar-refractivity contribution in [1.82, 2.24) is 0 Å². The molecule has 1 aromatic carbocycles. The van der Waals surface area contributed by atoms with Crippen molar-refractivity contribution >= 4 is 23.5 Å². The predicted octanol–water partition coefficient (Wildman–Crippen LogP) is 4.26. The van der Waals surface area contributed by atoms with Gasteiger partial charge in [0, 0.05) is 10.5 Å². The maximum Gasteiger partial charge on any atom is 0.142 e. The van der Waals surface area contributed by atoms with E-state index in [9.17, 15) is 5.11 Å². The van der Waals surface area contributed by atoms with E-state index >= 15 is 0 Å². The molecule has 20 heavy (non-hydrogen) atoms. The van der Waals surface area contributed by atoms with E-state index in [4.69, 9.17) is 0 Å². The topological polar surface area (TPSA) is 20.2 Å². The van der Waals surface area contributed by atoms with Gasteiger partial charge in [0.25, 0.3) is 0 Å². The Morgan fingerprint density at radius 2 is 2.00 bits per heavy atom. The van der Waals surface area contributed by atoms with Crippen molar-refractivity contribution in [2.75, 3.05) is 0 Å². The average Bonchev–Trinajstić information content (AvgIpc) is 3.34. The van der Waals surface area contributed by atoms with Gasteiger partial charge in [0.2, 0.25) is 0 Å². The van der Waals surface area contributed by atoms with E-state index in [1.54, 1.807) is 11.8 Å². The van der Waals surface area contributed by atoms with Crippen molar-refractivity contribution in [2.24, 2.45) is 0 Å². The van der Waals surface area contributed by atoms with Crippen LogP contribution in [0.2, 0.25) is 0 Å². The van der Waals surface area contributed by atoms with E-state index in [1.165, 1.54) is 31.2 Å². The van der Waals surface area contributed by atoms with Gasteiger partial charge in [-0.25, -0.2) is 0 Å². The van der Waals surface area contributed by atoms with Crippen LogP contribution in [0.15, 0.2) is 42.5 Å². The Bertz CT molecular complexity index is 473. The summed E-state index contributed by atoms with van der Waals surface area (Å²) in [7, 11) is 0. The maximum atomic E-state index is 9.51. The van der Waals surface area contributed by atoms with Crippen molar-refractivity contribution in [3.05, 3.63) is 48.0 Å². The maximum absolute atomic E-state index is 9.51. The summed E-state index contributed by atoms with van der Waals surface area (Å²) in [5.41, 5.74) is 1.47. The highest BCUT2D eigenvalue weighted by Gasteiger charge is 2.65. The van der Waals surface area contributed by atoms with E-state index in [-0.39, 0.29) is 0 Å². The third kappa shape index (κ3) is 3.44. The molecule has 3 aliphatic rings. The Balaban J connectivity index is 0.000000122. The van der Waals surface area contributed by atoms with Gasteiger partial charge in [-0.1, -0.05) is 56.2 Å². The van der Waals surface area contributed by atoms with Crippen LogP contribution in [0, 0.1) is 0 Å². The lowest BCUT2D eigenvalue weighted by Crippen LogP contribution is -2.18. The number of aliphatic hydroxyl groups is 1. The Morgan fingerprint density at radius 1 is 1.20 bits per heavy atom. The van der Waals surface area contributed by atoms with Crippen LogP contribution in [0.25, 0.3) is 0 Å². The van der Waals surface area contributed by atoms with Gasteiger partial charge in [-0.15, -0.1) is 23.5 Å². The average molecular weight is 306 g/mol. The fourth-order valence-corrected chi connectivity index (χ4v) is 5.21. The number of rotatable bonds is 4. The molecule has 0 amide bonds. The van der Waals surface area contributed by atoms with Gasteiger partial charge >= 0.3 is 0 Å². The van der Waals surface area contributed by atoms with Gasteiger partial charge in [-0.3, -0.25) is 0 Å². The van der Waals surface area contributed by atoms with Gasteiger partial charge in [-0.05, 0) is 24.5 Å². The highest BCUT2D eigenvalue weighted by Crippen LogP contribution is 2.67. The summed E-state index contributed by atoms with van der Waals surface area (Å²) in [6.07, 6.45) is 9.35. The number of aryl methyl sites for hydroxylation is 1. The molecule has 108 valence electrons. The molecule has 4 atom stereocenters. The molecule has 0 radical (unpaired) electrons. The smallest absolute Gasteiger partial charge is 0.142 e. The second-order valence-corrected chi connectivity index (χ2v) is 8.42. The molecule has 3 heteroatoms. The third-order valence-corrected chi connectivity index (χ3v) is 6.89. The monoisotopic (exact) mass is 306 g/mol. The molecule has 1 nitrogen and oxygen atoms in total. The summed E-state index contributed by atoms with van der Waals surface area (Å²) in [6.45, 7) is 2.24. The van der Waals surface area contributed by atoms with Crippen molar-refractivity contribution < 1.29 is 5.11 Å². The number of fused-ring (bicyclic) bond motifs is 3. The van der Waals surface area contributed by atoms with Crippen molar-refractivity contribution in [3.63, 3.8) is 0 Å². The predicted molar refractivity (Wildman–Crippen MR) is 90.3 cm³/mol. The zero-order valence-corrected chi connectivity index (χ0v) is 13.5. The molecule has 1 aliphatic carbocycles. The number of hydrogen-bond acceptors (Lipinski definition) is 3. The summed E-state index contributed by atoms with van der Waals surface area (Å²) < 4.78 is 0. The first-order valence-electron chi connectivity index (χ1n) is 7.52. The first-order valence-corrected chi connectivity index (χ1v) is 9.34. The lowest BCUT2D eigenvalue weighted by atomic mass is 10.1. The summed E-state index contributed by atoms with van der Waals surface area (Å²) in [4.78, 5) is -0.426. The van der Waals surface area contributed by atoms with E-state index < -0.39 is 4.93 Å². The van der Waals surface area contributed by atoms with Gasteiger partial charge in [0.05, 0.1) is 5.25 Å². The molecule has 1 N–H and O–H groups in total. The summed E-state index contributed by atoms with van der Waals surface area (Å²) in [5, 5.41) is 11.6. The molecule has 2 fully saturated rings. The molecule has 4 rings (SSSR count). The van der Waals surface area contributed by atoms with E-state index in [2.05, 4.69) is 43.3 Å². The fourth-order valence-electron chi connectivity index (χ4n) is 2.60. The number of thioether (sulfide) groups is 2. The van der Waals surface area contributed by atoms with E-state index in [0.29, 0.717) is 5.25 Å². The summed E-state index contributed by atoms with van der Waals surface area (Å²) in [6, 6.07) is 10.7. The fraction of sp³-hybridized carbons (Fsp3) is 0.529. The van der Waals surface area contributed by atoms with Crippen LogP contribution < -0.4 is 0 Å². The number of hydrogen-bond donors (Lipinski definition) is 1. The van der Waals surface area contributed by atoms with Crippen LogP contribution in [0.4, 0.5) is 0 Å². The number of benzene rings is 1. The van der Waals surface area contributed by atoms with Crippen LogP contribution >= 0.6 is 23.5 Å². The van der Waals surface area contributed by atoms with E-state index in [0.717, 1.165) is 10.5 Å². The summed E-state index contributed by atoms with van der Waals surface area (Å²) in [5.74, 6) is 0. The molecular formula is C17H22OS2. The SMILES string of the molecule is CCCCCc1ccccc1.OC12C=CC3SC3C1S2. The van der Waals surface area contributed by atoms with Gasteiger partial charge in [0.15, 0.2) is 0 Å². The zero-order valence-electron chi connectivity index (χ0n) is 11.9. The minimum absolute atomic E-state index is 0.426. The summed E-state index contributed by atoms with van der Waals surface area (Å²) >= 11 is 3.68. The molecule has 1 aromatic rings. The van der Waals surface area contributed by atoms with Crippen LogP contribution in [0.5, 0.6) is 0 Å². The van der Waals surface area contributed by atoms with Crippen molar-refractivity contribution in [3.8, 4) is 0 Å². The second-order valence-electron chi connectivity index (χ2n) is 5.66. The molecule has 0 bridgehead atoms. The molecule has 0 aromatic heterocycles. The van der Waals surface area contributed by atoms with Crippen LogP contribution in [-0.2, 0) is 6.42 Å². The minimum atomic E-state index is -0.426. The molecular weight excluding hydrogens is 284 g/mol. The minimum Gasteiger partial charge on any atom is -0.375 e. The molecule has 0 spiro atoms. The molecule has 2 saturated heterocycles. The lowest BCUT2D eigenvalue weighted by molar-refractivity contribution is 0.218. The molecule has 4 unspecified atom stereocenters. The van der Waals surface area contributed by atoms with Crippen LogP contribution in [0.1, 0.15) is 31.7 Å². The van der Waals surface area contributed by atoms with Crippen molar-refractivity contribution in [2.45, 2.75) is 53.3 Å². The van der Waals surface area contributed by atoms with Gasteiger partial charge in [-0.2, -0.15) is 0 Å². The third-order valence-electron chi connectivity index (χ3n) is 3.96. The molecule has 0 saturated carbocycles. The first kappa shape index (κ1) is 14.6. The second kappa shape index (κ2) is 6.17. The highest BCUT2D eigenvalue weighted by molar-refractivity contribution is 8.13. The van der Waals surface area contributed by atoms with Crippen molar-refractivity contribution in [1.29, 1.82) is 0 Å². The van der Waals surface area contributed by atoms with Gasteiger partial charge < -0.3 is 5.11 Å². The molecule has 2 aliphatic heterocycles. The Hall–Kier alpha value is -0.380.